The van der Waals surface area contributed by atoms with E-state index in [0.29, 0.717) is 6.07 Å². The van der Waals surface area contributed by atoms with Gasteiger partial charge in [-0.1, -0.05) is 0 Å². The van der Waals surface area contributed by atoms with Crippen LogP contribution in [0, 0.1) is 27.2 Å². The molecule has 17 heavy (non-hydrogen) atoms. The van der Waals surface area contributed by atoms with Crippen LogP contribution >= 0.6 is 0 Å². The lowest BCUT2D eigenvalue weighted by Gasteiger charge is -2.03. The van der Waals surface area contributed by atoms with Gasteiger partial charge in [0.05, 0.1) is 15.9 Å². The van der Waals surface area contributed by atoms with Gasteiger partial charge in [-0.15, -0.1) is 0 Å². The van der Waals surface area contributed by atoms with Gasteiger partial charge in [-0.3, -0.25) is 24.8 Å². The quantitative estimate of drug-likeness (QED) is 0.487. The average Bonchev–Trinajstić information content (AvgIpc) is 2.13. The summed E-state index contributed by atoms with van der Waals surface area (Å²) in [5.41, 5.74) is -1.92. The van der Waals surface area contributed by atoms with E-state index >= 15 is 0 Å². The number of hydrogen-bond acceptors (Lipinski definition) is 6. The summed E-state index contributed by atoms with van der Waals surface area (Å²) in [7, 11) is -4.82. The summed E-state index contributed by atoms with van der Waals surface area (Å²) < 4.78 is 30.7. The second-order valence-electron chi connectivity index (χ2n) is 3.10. The van der Waals surface area contributed by atoms with Gasteiger partial charge in [0.25, 0.3) is 11.4 Å². The van der Waals surface area contributed by atoms with Crippen LogP contribution in [0.1, 0.15) is 5.56 Å². The van der Waals surface area contributed by atoms with Crippen molar-refractivity contribution in [2.24, 2.45) is 0 Å². The van der Waals surface area contributed by atoms with Crippen molar-refractivity contribution in [1.29, 1.82) is 0 Å². The molecule has 0 aliphatic heterocycles. The second-order valence-corrected chi connectivity index (χ2v) is 4.46. The van der Waals surface area contributed by atoms with Crippen LogP contribution in [0.25, 0.3) is 0 Å². The fraction of sp³-hybridized carbons (Fsp3) is 0.143. The fourth-order valence-corrected chi connectivity index (χ4v) is 2.18. The number of nitro benzene ring substituents is 2. The highest BCUT2D eigenvalue weighted by Gasteiger charge is 2.29. The molecule has 0 heterocycles. The minimum Gasteiger partial charge on any atom is -0.282 e. The lowest BCUT2D eigenvalue weighted by Crippen LogP contribution is -2.06. The Labute approximate surface area is 94.7 Å². The van der Waals surface area contributed by atoms with E-state index < -0.39 is 36.2 Å². The molecule has 0 radical (unpaired) electrons. The Hall–Kier alpha value is -2.07. The molecule has 0 atom stereocenters. The van der Waals surface area contributed by atoms with Crippen LogP contribution in [-0.4, -0.2) is 22.8 Å². The number of rotatable bonds is 3. The van der Waals surface area contributed by atoms with Crippen molar-refractivity contribution in [3.63, 3.8) is 0 Å². The summed E-state index contributed by atoms with van der Waals surface area (Å²) in [6.45, 7) is 1.11. The van der Waals surface area contributed by atoms with Gasteiger partial charge in [0.2, 0.25) is 0 Å². The Morgan fingerprint density at radius 2 is 1.71 bits per heavy atom. The predicted octanol–water partition coefficient (Wildman–Crippen LogP) is 1.06. The molecule has 0 aliphatic rings. The molecule has 0 spiro atoms. The van der Waals surface area contributed by atoms with Crippen LogP contribution in [0.2, 0.25) is 0 Å². The lowest BCUT2D eigenvalue weighted by molar-refractivity contribution is -0.396. The first-order valence-electron chi connectivity index (χ1n) is 4.05. The molecule has 1 rings (SSSR count). The fourth-order valence-electron chi connectivity index (χ4n) is 1.31. The molecular weight excluding hydrogens is 256 g/mol. The van der Waals surface area contributed by atoms with Gasteiger partial charge < -0.3 is 0 Å². The van der Waals surface area contributed by atoms with Crippen LogP contribution in [0.5, 0.6) is 0 Å². The Morgan fingerprint density at radius 1 is 1.18 bits per heavy atom. The van der Waals surface area contributed by atoms with Gasteiger partial charge in [-0.2, -0.15) is 8.42 Å². The van der Waals surface area contributed by atoms with Crippen molar-refractivity contribution >= 4 is 21.5 Å². The van der Waals surface area contributed by atoms with Crippen LogP contribution in [0.3, 0.4) is 0 Å². The molecule has 0 fully saturated rings. The number of nitro groups is 2. The van der Waals surface area contributed by atoms with Crippen molar-refractivity contribution in [1.82, 2.24) is 0 Å². The van der Waals surface area contributed by atoms with Crippen LogP contribution in [-0.2, 0) is 10.1 Å². The molecule has 0 saturated carbocycles. The zero-order chi connectivity index (χ0) is 13.4. The van der Waals surface area contributed by atoms with Crippen molar-refractivity contribution in [2.45, 2.75) is 11.8 Å². The standard InChI is InChI=1S/C7H6N2O7S/c1-4-2-5(8(10)11)3-6(9(12)13)7(4)17(14,15)16/h2-3H,1H3,(H,14,15,16). The Morgan fingerprint density at radius 3 is 2.06 bits per heavy atom. The van der Waals surface area contributed by atoms with E-state index in [1.807, 2.05) is 0 Å². The van der Waals surface area contributed by atoms with Gasteiger partial charge in [-0.05, 0) is 12.5 Å². The van der Waals surface area contributed by atoms with E-state index in [1.165, 1.54) is 0 Å². The third-order valence-corrected chi connectivity index (χ3v) is 2.95. The highest BCUT2D eigenvalue weighted by Crippen LogP contribution is 2.31. The third-order valence-electron chi connectivity index (χ3n) is 1.91. The van der Waals surface area contributed by atoms with E-state index in [9.17, 15) is 28.6 Å². The average molecular weight is 262 g/mol. The smallest absolute Gasteiger partial charge is 0.282 e. The molecule has 9 nitrogen and oxygen atoms in total. The first-order chi connectivity index (χ1) is 7.64. The van der Waals surface area contributed by atoms with Crippen molar-refractivity contribution in [2.75, 3.05) is 0 Å². The summed E-state index contributed by atoms with van der Waals surface area (Å²) >= 11 is 0. The zero-order valence-electron chi connectivity index (χ0n) is 8.35. The summed E-state index contributed by atoms with van der Waals surface area (Å²) in [6, 6.07) is 1.31. The SMILES string of the molecule is Cc1cc([N+](=O)[O-])cc([N+](=O)[O-])c1S(=O)(=O)O. The minimum absolute atomic E-state index is 0.270. The van der Waals surface area contributed by atoms with Crippen LogP contribution < -0.4 is 0 Å². The molecule has 0 saturated heterocycles. The second kappa shape index (κ2) is 4.07. The molecule has 1 aromatic rings. The van der Waals surface area contributed by atoms with Gasteiger partial charge in [0, 0.05) is 6.07 Å². The Balaban J connectivity index is 3.74. The molecular formula is C7H6N2O7S. The molecule has 10 heteroatoms. The van der Waals surface area contributed by atoms with Gasteiger partial charge in [0.1, 0.15) is 0 Å². The first-order valence-corrected chi connectivity index (χ1v) is 5.49. The highest BCUT2D eigenvalue weighted by molar-refractivity contribution is 7.86. The molecule has 0 aliphatic carbocycles. The zero-order valence-corrected chi connectivity index (χ0v) is 9.17. The van der Waals surface area contributed by atoms with Gasteiger partial charge >= 0.3 is 10.1 Å². The monoisotopic (exact) mass is 262 g/mol. The molecule has 0 aromatic heterocycles. The summed E-state index contributed by atoms with van der Waals surface area (Å²) in [5.74, 6) is 0. The topological polar surface area (TPSA) is 141 Å². The number of nitrogens with zero attached hydrogens (tertiary/aromatic N) is 2. The van der Waals surface area contributed by atoms with Crippen LogP contribution in [0.15, 0.2) is 17.0 Å². The van der Waals surface area contributed by atoms with E-state index in [-0.39, 0.29) is 5.56 Å². The Kier molecular flexibility index (Phi) is 3.11. The third kappa shape index (κ3) is 2.54. The van der Waals surface area contributed by atoms with Crippen molar-refractivity contribution in [3.8, 4) is 0 Å². The van der Waals surface area contributed by atoms with E-state index in [2.05, 4.69) is 0 Å². The molecule has 0 amide bonds. The maximum atomic E-state index is 10.9. The molecule has 0 unspecified atom stereocenters. The summed E-state index contributed by atoms with van der Waals surface area (Å²) in [4.78, 5) is 18.1. The number of benzene rings is 1. The summed E-state index contributed by atoms with van der Waals surface area (Å²) in [6.07, 6.45) is 0. The lowest BCUT2D eigenvalue weighted by atomic mass is 10.2. The summed E-state index contributed by atoms with van der Waals surface area (Å²) in [5, 5.41) is 21.1. The minimum atomic E-state index is -4.82. The first kappa shape index (κ1) is 13.0. The van der Waals surface area contributed by atoms with Crippen molar-refractivity contribution in [3.05, 3.63) is 37.9 Å². The van der Waals surface area contributed by atoms with Gasteiger partial charge in [-0.25, -0.2) is 0 Å². The van der Waals surface area contributed by atoms with Gasteiger partial charge in [0.15, 0.2) is 4.90 Å². The highest BCUT2D eigenvalue weighted by atomic mass is 32.2. The number of non-ortho nitro benzene ring substituents is 1. The molecule has 1 aromatic carbocycles. The van der Waals surface area contributed by atoms with E-state index in [4.69, 9.17) is 4.55 Å². The van der Waals surface area contributed by atoms with Crippen molar-refractivity contribution < 1.29 is 22.8 Å². The van der Waals surface area contributed by atoms with Crippen LogP contribution in [0.4, 0.5) is 11.4 Å². The number of hydrogen-bond donors (Lipinski definition) is 1. The normalized spacial score (nSPS) is 11.2. The predicted molar refractivity (Wildman–Crippen MR) is 54.3 cm³/mol. The maximum absolute atomic E-state index is 10.9. The largest absolute Gasteiger partial charge is 0.301 e. The van der Waals surface area contributed by atoms with E-state index in [0.717, 1.165) is 13.0 Å². The maximum Gasteiger partial charge on any atom is 0.301 e. The molecule has 92 valence electrons. The van der Waals surface area contributed by atoms with E-state index in [1.54, 1.807) is 0 Å². The molecule has 0 bridgehead atoms. The molecule has 1 N–H and O–H groups in total. The number of aryl methyl sites for hydroxylation is 1. The Bertz CT molecular complexity index is 607.